The summed E-state index contributed by atoms with van der Waals surface area (Å²) in [6, 6.07) is 1.74. The van der Waals surface area contributed by atoms with E-state index in [0.717, 1.165) is 5.69 Å². The average molecular weight is 144 g/mol. The minimum atomic E-state index is -0.378. The van der Waals surface area contributed by atoms with Crippen LogP contribution >= 0.6 is 11.6 Å². The monoisotopic (exact) mass is 143 g/mol. The van der Waals surface area contributed by atoms with Gasteiger partial charge in [0.05, 0.1) is 16.8 Å². The van der Waals surface area contributed by atoms with E-state index in [4.69, 9.17) is 11.6 Å². The van der Waals surface area contributed by atoms with E-state index in [1.807, 2.05) is 13.8 Å². The molecule has 2 nitrogen and oxygen atoms in total. The van der Waals surface area contributed by atoms with Crippen LogP contribution in [0.15, 0.2) is 6.07 Å². The zero-order valence-electron chi connectivity index (χ0n) is 5.40. The normalized spacial score (nSPS) is 11.9. The zero-order chi connectivity index (χ0) is 6.91. The fourth-order valence-corrected chi connectivity index (χ4v) is 0.627. The predicted molar refractivity (Wildman–Crippen MR) is 36.3 cm³/mol. The van der Waals surface area contributed by atoms with Gasteiger partial charge in [0.2, 0.25) is 0 Å². The van der Waals surface area contributed by atoms with Gasteiger partial charge >= 0.3 is 0 Å². The fraction of sp³-hybridized carbons (Fsp3) is 0.500. The maximum Gasteiger partial charge on any atom is 0.0833 e. The molecule has 0 bridgehead atoms. The van der Waals surface area contributed by atoms with Crippen LogP contribution < -0.4 is 0 Å². The van der Waals surface area contributed by atoms with Crippen molar-refractivity contribution in [2.24, 2.45) is 0 Å². The summed E-state index contributed by atoms with van der Waals surface area (Å²) in [6.07, 6.45) is 2.72. The van der Waals surface area contributed by atoms with Crippen molar-refractivity contribution >= 4 is 11.6 Å². The summed E-state index contributed by atoms with van der Waals surface area (Å²) >= 11 is 5.90. The summed E-state index contributed by atoms with van der Waals surface area (Å²) in [4.78, 5) is -0.378. The highest BCUT2D eigenvalue weighted by molar-refractivity contribution is 6.23. The van der Waals surface area contributed by atoms with Crippen molar-refractivity contribution < 1.29 is 0 Å². The molecule has 0 saturated heterocycles. The molecule has 1 radical (unpaired) electrons. The number of rotatable bonds is 1. The molecule has 9 heavy (non-hydrogen) atoms. The van der Waals surface area contributed by atoms with Gasteiger partial charge in [-0.1, -0.05) is 0 Å². The molecule has 0 unspecified atom stereocenters. The summed E-state index contributed by atoms with van der Waals surface area (Å²) in [6.45, 7) is 3.77. The first-order chi connectivity index (χ1) is 4.11. The molecule has 0 amide bonds. The maximum atomic E-state index is 5.90. The first-order valence-corrected chi connectivity index (χ1v) is 3.09. The Labute approximate surface area is 59.2 Å². The van der Waals surface area contributed by atoms with E-state index in [2.05, 4.69) is 16.4 Å². The largest absolute Gasteiger partial charge is 0.276 e. The first-order valence-electron chi connectivity index (χ1n) is 2.71. The second kappa shape index (κ2) is 2.03. The molecule has 0 saturated carbocycles. The van der Waals surface area contributed by atoms with Crippen LogP contribution in [0.25, 0.3) is 0 Å². The van der Waals surface area contributed by atoms with Gasteiger partial charge in [-0.05, 0) is 19.9 Å². The number of nitrogens with one attached hydrogen (secondary N) is 1. The first kappa shape index (κ1) is 6.62. The molecule has 0 atom stereocenters. The van der Waals surface area contributed by atoms with Crippen molar-refractivity contribution in [3.05, 3.63) is 18.0 Å². The SMILES string of the molecule is CC(C)(Cl)c1c[c][nH]n1. The van der Waals surface area contributed by atoms with Crippen LogP contribution in [-0.4, -0.2) is 10.2 Å². The number of alkyl halides is 1. The van der Waals surface area contributed by atoms with Gasteiger partial charge in [-0.2, -0.15) is 5.10 Å². The Kier molecular flexibility index (Phi) is 1.49. The Morgan fingerprint density at radius 2 is 2.44 bits per heavy atom. The van der Waals surface area contributed by atoms with E-state index in [1.54, 1.807) is 6.07 Å². The third kappa shape index (κ3) is 1.45. The summed E-state index contributed by atoms with van der Waals surface area (Å²) in [7, 11) is 0. The highest BCUT2D eigenvalue weighted by atomic mass is 35.5. The number of aromatic nitrogens is 2. The van der Waals surface area contributed by atoms with E-state index < -0.39 is 0 Å². The molecular formula is C6H8ClN2. The molecule has 0 fully saturated rings. The number of H-pyrrole nitrogens is 1. The van der Waals surface area contributed by atoms with Crippen LogP contribution in [0.1, 0.15) is 19.5 Å². The molecular weight excluding hydrogens is 136 g/mol. The molecule has 0 aliphatic carbocycles. The van der Waals surface area contributed by atoms with Crippen molar-refractivity contribution in [2.75, 3.05) is 0 Å². The predicted octanol–water partition coefficient (Wildman–Crippen LogP) is 1.68. The number of halogens is 1. The highest BCUT2D eigenvalue weighted by Gasteiger charge is 2.17. The molecule has 3 heteroatoms. The molecule has 0 aliphatic heterocycles. The summed E-state index contributed by atoms with van der Waals surface area (Å²) in [5.74, 6) is 0. The lowest BCUT2D eigenvalue weighted by atomic mass is 10.1. The van der Waals surface area contributed by atoms with Gasteiger partial charge in [0.15, 0.2) is 0 Å². The van der Waals surface area contributed by atoms with E-state index in [-0.39, 0.29) is 4.87 Å². The van der Waals surface area contributed by atoms with Crippen molar-refractivity contribution in [1.29, 1.82) is 0 Å². The minimum absolute atomic E-state index is 0.378. The summed E-state index contributed by atoms with van der Waals surface area (Å²) < 4.78 is 0. The van der Waals surface area contributed by atoms with Crippen LogP contribution in [-0.2, 0) is 4.87 Å². The Hall–Kier alpha value is -0.500. The Morgan fingerprint density at radius 1 is 1.78 bits per heavy atom. The van der Waals surface area contributed by atoms with Gasteiger partial charge in [-0.3, -0.25) is 5.10 Å². The quantitative estimate of drug-likeness (QED) is 0.596. The number of hydrogen-bond donors (Lipinski definition) is 1. The van der Waals surface area contributed by atoms with Crippen molar-refractivity contribution in [3.8, 4) is 0 Å². The van der Waals surface area contributed by atoms with E-state index in [0.29, 0.717) is 0 Å². The lowest BCUT2D eigenvalue weighted by Crippen LogP contribution is -2.07. The third-order valence-corrected chi connectivity index (χ3v) is 1.25. The van der Waals surface area contributed by atoms with Gasteiger partial charge in [-0.25, -0.2) is 0 Å². The van der Waals surface area contributed by atoms with Gasteiger partial charge in [0, 0.05) is 0 Å². The minimum Gasteiger partial charge on any atom is -0.276 e. The lowest BCUT2D eigenvalue weighted by molar-refractivity contribution is 0.725. The molecule has 0 aromatic carbocycles. The average Bonchev–Trinajstić information content (AvgIpc) is 2.08. The van der Waals surface area contributed by atoms with Crippen LogP contribution in [0.4, 0.5) is 0 Å². The Balaban J connectivity index is 2.90. The second-order valence-electron chi connectivity index (χ2n) is 2.37. The zero-order valence-corrected chi connectivity index (χ0v) is 6.16. The fourth-order valence-electron chi connectivity index (χ4n) is 0.530. The topological polar surface area (TPSA) is 28.7 Å². The molecule has 0 aliphatic rings. The van der Waals surface area contributed by atoms with Crippen molar-refractivity contribution in [3.63, 3.8) is 0 Å². The van der Waals surface area contributed by atoms with Crippen LogP contribution in [0.5, 0.6) is 0 Å². The van der Waals surface area contributed by atoms with Gasteiger partial charge in [-0.15, -0.1) is 11.6 Å². The molecule has 1 rings (SSSR count). The van der Waals surface area contributed by atoms with Gasteiger partial charge in [0.25, 0.3) is 0 Å². The van der Waals surface area contributed by atoms with Crippen LogP contribution in [0.3, 0.4) is 0 Å². The molecule has 1 aromatic heterocycles. The van der Waals surface area contributed by atoms with Crippen molar-refractivity contribution in [2.45, 2.75) is 18.7 Å². The molecule has 1 N–H and O–H groups in total. The number of nitrogens with zero attached hydrogens (tertiary/aromatic N) is 1. The second-order valence-corrected chi connectivity index (χ2v) is 3.31. The lowest BCUT2D eigenvalue weighted by Gasteiger charge is -2.10. The third-order valence-electron chi connectivity index (χ3n) is 1.06. The van der Waals surface area contributed by atoms with Crippen LogP contribution in [0, 0.1) is 6.20 Å². The Morgan fingerprint density at radius 3 is 2.67 bits per heavy atom. The number of hydrogen-bond acceptors (Lipinski definition) is 1. The van der Waals surface area contributed by atoms with Crippen molar-refractivity contribution in [1.82, 2.24) is 10.2 Å². The smallest absolute Gasteiger partial charge is 0.0833 e. The molecule has 1 aromatic rings. The summed E-state index contributed by atoms with van der Waals surface area (Å²) in [5, 5.41) is 6.45. The Bertz CT molecular complexity index is 173. The maximum absolute atomic E-state index is 5.90. The van der Waals surface area contributed by atoms with E-state index in [1.165, 1.54) is 0 Å². The van der Waals surface area contributed by atoms with Gasteiger partial charge in [0.1, 0.15) is 0 Å². The van der Waals surface area contributed by atoms with Crippen LogP contribution in [0.2, 0.25) is 0 Å². The molecule has 0 spiro atoms. The highest BCUT2D eigenvalue weighted by Crippen LogP contribution is 2.24. The summed E-state index contributed by atoms with van der Waals surface area (Å²) in [5.41, 5.74) is 0.823. The van der Waals surface area contributed by atoms with Gasteiger partial charge < -0.3 is 0 Å². The standard InChI is InChI=1S/C6H8ClN2/c1-6(2,7)5-3-4-8-9-5/h3H,1-2H3,(H,8,9). The van der Waals surface area contributed by atoms with E-state index >= 15 is 0 Å². The van der Waals surface area contributed by atoms with E-state index in [9.17, 15) is 0 Å². The molecule has 1 heterocycles. The number of aromatic amines is 1. The molecule has 49 valence electrons.